The number of benzene rings is 2. The lowest BCUT2D eigenvalue weighted by Gasteiger charge is -2.12. The summed E-state index contributed by atoms with van der Waals surface area (Å²) in [7, 11) is 0. The van der Waals surface area contributed by atoms with Crippen LogP contribution in [0.5, 0.6) is 0 Å². The van der Waals surface area contributed by atoms with E-state index in [1.807, 2.05) is 47.1 Å². The van der Waals surface area contributed by atoms with Gasteiger partial charge in [-0.1, -0.05) is 61.9 Å². The first-order valence-electron chi connectivity index (χ1n) is 9.67. The smallest absolute Gasteiger partial charge is 0.239 e. The lowest BCUT2D eigenvalue weighted by atomic mass is 10.1. The Labute approximate surface area is 166 Å². The molecule has 0 spiro atoms. The van der Waals surface area contributed by atoms with Gasteiger partial charge in [0.1, 0.15) is 5.82 Å². The zero-order valence-electron chi connectivity index (χ0n) is 17.0. The van der Waals surface area contributed by atoms with Crippen LogP contribution in [0.25, 0.3) is 16.9 Å². The topological polar surface area (TPSA) is 59.0 Å². The number of carbonyl (C=O) groups excluding carboxylic acids is 1. The van der Waals surface area contributed by atoms with Crippen LogP contribution in [-0.2, 0) is 4.79 Å². The van der Waals surface area contributed by atoms with Crippen molar-refractivity contribution < 1.29 is 4.79 Å². The number of rotatable bonds is 7. The molecule has 3 aromatic rings. The van der Waals surface area contributed by atoms with Gasteiger partial charge in [0, 0.05) is 11.6 Å². The SMILES string of the molecule is Cc1ccc(-n2nc(-c3ccccc3)cc2NC(=O)CNCC(C)C)c(C)c1. The van der Waals surface area contributed by atoms with Crippen molar-refractivity contribution in [2.24, 2.45) is 5.92 Å². The molecule has 1 heterocycles. The molecule has 0 bridgehead atoms. The Balaban J connectivity index is 1.92. The summed E-state index contributed by atoms with van der Waals surface area (Å²) in [5.41, 5.74) is 5.10. The first-order valence-corrected chi connectivity index (χ1v) is 9.67. The summed E-state index contributed by atoms with van der Waals surface area (Å²) in [6, 6.07) is 18.1. The Morgan fingerprint density at radius 3 is 2.50 bits per heavy atom. The van der Waals surface area contributed by atoms with Crippen LogP contribution in [0.15, 0.2) is 54.6 Å². The molecule has 28 heavy (non-hydrogen) atoms. The van der Waals surface area contributed by atoms with E-state index in [1.165, 1.54) is 5.56 Å². The molecule has 5 nitrogen and oxygen atoms in total. The molecule has 1 amide bonds. The summed E-state index contributed by atoms with van der Waals surface area (Å²) in [6.07, 6.45) is 0. The van der Waals surface area contributed by atoms with E-state index < -0.39 is 0 Å². The lowest BCUT2D eigenvalue weighted by Crippen LogP contribution is -2.31. The van der Waals surface area contributed by atoms with Crippen LogP contribution >= 0.6 is 0 Å². The Morgan fingerprint density at radius 2 is 1.82 bits per heavy atom. The predicted molar refractivity (Wildman–Crippen MR) is 115 cm³/mol. The zero-order valence-corrected chi connectivity index (χ0v) is 17.0. The molecule has 0 radical (unpaired) electrons. The molecule has 5 heteroatoms. The fraction of sp³-hybridized carbons (Fsp3) is 0.304. The van der Waals surface area contributed by atoms with Gasteiger partial charge in [-0.2, -0.15) is 5.10 Å². The molecule has 2 N–H and O–H groups in total. The number of aryl methyl sites for hydroxylation is 2. The maximum absolute atomic E-state index is 12.4. The molecule has 2 aromatic carbocycles. The molecule has 1 aromatic heterocycles. The normalized spacial score (nSPS) is 11.0. The van der Waals surface area contributed by atoms with Crippen molar-refractivity contribution in [1.82, 2.24) is 15.1 Å². The van der Waals surface area contributed by atoms with E-state index in [4.69, 9.17) is 5.10 Å². The highest BCUT2D eigenvalue weighted by Gasteiger charge is 2.15. The second-order valence-electron chi connectivity index (χ2n) is 7.56. The maximum Gasteiger partial charge on any atom is 0.239 e. The van der Waals surface area contributed by atoms with Crippen molar-refractivity contribution >= 4 is 11.7 Å². The number of carbonyl (C=O) groups is 1. The molecule has 0 aliphatic rings. The summed E-state index contributed by atoms with van der Waals surface area (Å²) in [4.78, 5) is 12.4. The van der Waals surface area contributed by atoms with Crippen molar-refractivity contribution in [3.05, 3.63) is 65.7 Å². The summed E-state index contributed by atoms with van der Waals surface area (Å²) < 4.78 is 1.82. The molecule has 3 rings (SSSR count). The number of hydrogen-bond acceptors (Lipinski definition) is 3. The highest BCUT2D eigenvalue weighted by molar-refractivity contribution is 5.92. The Morgan fingerprint density at radius 1 is 1.07 bits per heavy atom. The third-order valence-electron chi connectivity index (χ3n) is 4.47. The Kier molecular flexibility index (Phi) is 6.26. The summed E-state index contributed by atoms with van der Waals surface area (Å²) in [5, 5.41) is 11.0. The minimum atomic E-state index is -0.0776. The van der Waals surface area contributed by atoms with Gasteiger partial charge in [-0.25, -0.2) is 4.68 Å². The van der Waals surface area contributed by atoms with Crippen molar-refractivity contribution in [2.45, 2.75) is 27.7 Å². The van der Waals surface area contributed by atoms with Crippen LogP contribution in [0.1, 0.15) is 25.0 Å². The van der Waals surface area contributed by atoms with E-state index in [1.54, 1.807) is 0 Å². The third kappa shape index (κ3) is 4.87. The highest BCUT2D eigenvalue weighted by atomic mass is 16.2. The van der Waals surface area contributed by atoms with Crippen LogP contribution in [0.2, 0.25) is 0 Å². The van der Waals surface area contributed by atoms with E-state index in [2.05, 4.69) is 50.5 Å². The predicted octanol–water partition coefficient (Wildman–Crippen LogP) is 4.34. The zero-order chi connectivity index (χ0) is 20.1. The van der Waals surface area contributed by atoms with E-state index in [9.17, 15) is 4.79 Å². The average molecular weight is 377 g/mol. The van der Waals surface area contributed by atoms with Gasteiger partial charge in [0.25, 0.3) is 0 Å². The van der Waals surface area contributed by atoms with Gasteiger partial charge in [0.15, 0.2) is 0 Å². The second-order valence-corrected chi connectivity index (χ2v) is 7.56. The van der Waals surface area contributed by atoms with Crippen LogP contribution in [0.4, 0.5) is 5.82 Å². The maximum atomic E-state index is 12.4. The number of anilines is 1. The van der Waals surface area contributed by atoms with Crippen molar-refractivity contribution in [3.8, 4) is 16.9 Å². The summed E-state index contributed by atoms with van der Waals surface area (Å²) in [5.74, 6) is 1.09. The molecule has 0 saturated carbocycles. The van der Waals surface area contributed by atoms with E-state index in [-0.39, 0.29) is 12.5 Å². The lowest BCUT2D eigenvalue weighted by molar-refractivity contribution is -0.115. The van der Waals surface area contributed by atoms with Gasteiger partial charge in [-0.3, -0.25) is 4.79 Å². The van der Waals surface area contributed by atoms with Crippen LogP contribution < -0.4 is 10.6 Å². The molecule has 0 atom stereocenters. The first kappa shape index (κ1) is 19.8. The number of hydrogen-bond donors (Lipinski definition) is 2. The molecular weight excluding hydrogens is 348 g/mol. The average Bonchev–Trinajstić information content (AvgIpc) is 3.05. The molecule has 0 aliphatic heterocycles. The second kappa shape index (κ2) is 8.85. The van der Waals surface area contributed by atoms with Gasteiger partial charge < -0.3 is 10.6 Å². The largest absolute Gasteiger partial charge is 0.309 e. The minimum absolute atomic E-state index is 0.0776. The first-order chi connectivity index (χ1) is 13.4. The quantitative estimate of drug-likeness (QED) is 0.645. The van der Waals surface area contributed by atoms with E-state index in [0.29, 0.717) is 11.7 Å². The van der Waals surface area contributed by atoms with Gasteiger partial charge in [-0.05, 0) is 37.9 Å². The number of amides is 1. The van der Waals surface area contributed by atoms with Crippen molar-refractivity contribution in [3.63, 3.8) is 0 Å². The van der Waals surface area contributed by atoms with Crippen molar-refractivity contribution in [2.75, 3.05) is 18.4 Å². The fourth-order valence-electron chi connectivity index (χ4n) is 3.11. The van der Waals surface area contributed by atoms with E-state index in [0.717, 1.165) is 29.1 Å². The molecule has 0 fully saturated rings. The highest BCUT2D eigenvalue weighted by Crippen LogP contribution is 2.26. The monoisotopic (exact) mass is 376 g/mol. The molecule has 0 saturated heterocycles. The number of aromatic nitrogens is 2. The van der Waals surface area contributed by atoms with Gasteiger partial charge in [-0.15, -0.1) is 0 Å². The third-order valence-corrected chi connectivity index (χ3v) is 4.47. The van der Waals surface area contributed by atoms with Gasteiger partial charge >= 0.3 is 0 Å². The standard InChI is InChI=1S/C23H28N4O/c1-16(2)14-24-15-23(28)25-22-13-20(19-8-6-5-7-9-19)26-27(22)21-11-10-17(3)12-18(21)4/h5-13,16,24H,14-15H2,1-4H3,(H,25,28). The molecule has 146 valence electrons. The molecule has 0 unspecified atom stereocenters. The van der Waals surface area contributed by atoms with Crippen LogP contribution in [0.3, 0.4) is 0 Å². The number of nitrogens with one attached hydrogen (secondary N) is 2. The Bertz CT molecular complexity index is 944. The van der Waals surface area contributed by atoms with Gasteiger partial charge in [0.2, 0.25) is 5.91 Å². The van der Waals surface area contributed by atoms with Gasteiger partial charge in [0.05, 0.1) is 17.9 Å². The van der Waals surface area contributed by atoms with Crippen LogP contribution in [-0.4, -0.2) is 28.8 Å². The summed E-state index contributed by atoms with van der Waals surface area (Å²) in [6.45, 7) is 9.44. The fourth-order valence-corrected chi connectivity index (χ4v) is 3.11. The van der Waals surface area contributed by atoms with Crippen molar-refractivity contribution in [1.29, 1.82) is 0 Å². The minimum Gasteiger partial charge on any atom is -0.309 e. The van der Waals surface area contributed by atoms with Crippen LogP contribution in [0, 0.1) is 19.8 Å². The molecule has 0 aliphatic carbocycles. The molecular formula is C23H28N4O. The van der Waals surface area contributed by atoms with E-state index >= 15 is 0 Å². The number of nitrogens with zero attached hydrogens (tertiary/aromatic N) is 2. The summed E-state index contributed by atoms with van der Waals surface area (Å²) >= 11 is 0. The Hall–Kier alpha value is -2.92.